The van der Waals surface area contributed by atoms with E-state index in [1.165, 1.54) is 6.33 Å². The summed E-state index contributed by atoms with van der Waals surface area (Å²) in [5.41, 5.74) is 3.88. The first-order valence-corrected chi connectivity index (χ1v) is 9.91. The lowest BCUT2D eigenvalue weighted by atomic mass is 10.1. The molecule has 2 aromatic heterocycles. The summed E-state index contributed by atoms with van der Waals surface area (Å²) in [6, 6.07) is 10.8. The summed E-state index contributed by atoms with van der Waals surface area (Å²) < 4.78 is 5.38. The van der Waals surface area contributed by atoms with Crippen molar-refractivity contribution < 1.29 is 19.4 Å². The predicted molar refractivity (Wildman–Crippen MR) is 119 cm³/mol. The van der Waals surface area contributed by atoms with E-state index in [0.717, 1.165) is 11.1 Å². The molecule has 0 radical (unpaired) electrons. The topological polar surface area (TPSA) is 145 Å². The zero-order chi connectivity index (χ0) is 22.7. The number of imidazole rings is 2. The van der Waals surface area contributed by atoms with E-state index in [4.69, 9.17) is 9.84 Å². The summed E-state index contributed by atoms with van der Waals surface area (Å²) >= 11 is 0. The molecular weight excluding hydrogens is 412 g/mol. The van der Waals surface area contributed by atoms with Gasteiger partial charge in [0.15, 0.2) is 5.69 Å². The molecule has 0 aliphatic rings. The molecule has 0 aliphatic heterocycles. The highest BCUT2D eigenvalue weighted by Crippen LogP contribution is 2.21. The van der Waals surface area contributed by atoms with Crippen molar-refractivity contribution in [2.75, 3.05) is 23.8 Å². The molecule has 2 amide bonds. The molecule has 0 atom stereocenters. The van der Waals surface area contributed by atoms with Crippen LogP contribution in [-0.2, 0) is 0 Å². The van der Waals surface area contributed by atoms with E-state index in [-0.39, 0.29) is 30.5 Å². The minimum atomic E-state index is -0.566. The molecule has 0 fully saturated rings. The number of amides is 2. The van der Waals surface area contributed by atoms with Crippen LogP contribution in [0, 0.1) is 13.8 Å². The number of fused-ring (bicyclic) bond motifs is 1. The molecule has 32 heavy (non-hydrogen) atoms. The number of nitrogens with one attached hydrogen (secondary N) is 4. The molecule has 0 aliphatic carbocycles. The molecule has 4 aromatic rings. The summed E-state index contributed by atoms with van der Waals surface area (Å²) in [5, 5.41) is 14.3. The Bertz CT molecular complexity index is 1290. The first-order valence-electron chi connectivity index (χ1n) is 9.91. The summed E-state index contributed by atoms with van der Waals surface area (Å²) in [4.78, 5) is 39.5. The molecule has 2 aromatic carbocycles. The van der Waals surface area contributed by atoms with E-state index in [2.05, 4.69) is 30.6 Å². The molecule has 0 unspecified atom stereocenters. The second-order valence-corrected chi connectivity index (χ2v) is 7.19. The Kier molecular flexibility index (Phi) is 5.86. The molecule has 10 heteroatoms. The first kappa shape index (κ1) is 21.1. The number of aryl methyl sites for hydroxylation is 2. The third kappa shape index (κ3) is 4.44. The number of anilines is 2. The SMILES string of the molecule is Cc1ccc(NC(=O)c2nc[nH]c2C(=O)Nc2nc3ccc(OCCO)cc3[nH]2)c(C)c1. The van der Waals surface area contributed by atoms with Gasteiger partial charge in [0.1, 0.15) is 18.1 Å². The zero-order valence-electron chi connectivity index (χ0n) is 17.5. The van der Waals surface area contributed by atoms with Crippen molar-refractivity contribution in [1.29, 1.82) is 0 Å². The first-order chi connectivity index (χ1) is 15.4. The van der Waals surface area contributed by atoms with Crippen molar-refractivity contribution in [1.82, 2.24) is 19.9 Å². The smallest absolute Gasteiger partial charge is 0.276 e. The van der Waals surface area contributed by atoms with Gasteiger partial charge in [0, 0.05) is 11.8 Å². The quantitative estimate of drug-likeness (QED) is 0.302. The van der Waals surface area contributed by atoms with Gasteiger partial charge in [-0.15, -0.1) is 0 Å². The van der Waals surface area contributed by atoms with Gasteiger partial charge in [-0.1, -0.05) is 17.7 Å². The summed E-state index contributed by atoms with van der Waals surface area (Å²) in [6.07, 6.45) is 1.29. The van der Waals surface area contributed by atoms with Crippen molar-refractivity contribution in [2.24, 2.45) is 0 Å². The van der Waals surface area contributed by atoms with Crippen molar-refractivity contribution >= 4 is 34.5 Å². The van der Waals surface area contributed by atoms with Gasteiger partial charge in [-0.2, -0.15) is 0 Å². The number of rotatable bonds is 7. The second-order valence-electron chi connectivity index (χ2n) is 7.19. The van der Waals surface area contributed by atoms with E-state index < -0.39 is 11.8 Å². The van der Waals surface area contributed by atoms with Crippen molar-refractivity contribution in [2.45, 2.75) is 13.8 Å². The van der Waals surface area contributed by atoms with Crippen LogP contribution in [0.1, 0.15) is 32.1 Å². The highest BCUT2D eigenvalue weighted by Gasteiger charge is 2.22. The predicted octanol–water partition coefficient (Wildman–Crippen LogP) is 2.78. The number of ether oxygens (including phenoxy) is 1. The molecule has 0 spiro atoms. The Morgan fingerprint density at radius 2 is 1.94 bits per heavy atom. The van der Waals surface area contributed by atoms with Crippen LogP contribution in [0.15, 0.2) is 42.7 Å². The number of carbonyl (C=O) groups is 2. The van der Waals surface area contributed by atoms with Gasteiger partial charge in [-0.05, 0) is 37.6 Å². The van der Waals surface area contributed by atoms with Crippen LogP contribution in [0.25, 0.3) is 11.0 Å². The minimum absolute atomic E-state index is 0.0136. The number of carbonyl (C=O) groups excluding carboxylic acids is 2. The molecule has 0 saturated carbocycles. The maximum absolute atomic E-state index is 12.8. The van der Waals surface area contributed by atoms with Gasteiger partial charge in [-0.25, -0.2) is 9.97 Å². The lowest BCUT2D eigenvalue weighted by Gasteiger charge is -2.09. The molecule has 164 valence electrons. The van der Waals surface area contributed by atoms with Gasteiger partial charge in [0.05, 0.1) is 24.0 Å². The van der Waals surface area contributed by atoms with Crippen LogP contribution < -0.4 is 15.4 Å². The van der Waals surface area contributed by atoms with Crippen molar-refractivity contribution in [3.63, 3.8) is 0 Å². The number of H-pyrrole nitrogens is 2. The summed E-state index contributed by atoms with van der Waals surface area (Å²) in [6.45, 7) is 3.94. The third-order valence-corrected chi connectivity index (χ3v) is 4.76. The van der Waals surface area contributed by atoms with Crippen LogP contribution in [0.3, 0.4) is 0 Å². The fourth-order valence-corrected chi connectivity index (χ4v) is 3.25. The highest BCUT2D eigenvalue weighted by molar-refractivity contribution is 6.13. The Balaban J connectivity index is 1.50. The van der Waals surface area contributed by atoms with Gasteiger partial charge >= 0.3 is 0 Å². The second kappa shape index (κ2) is 8.90. The Morgan fingerprint density at radius 3 is 2.72 bits per heavy atom. The normalized spacial score (nSPS) is 10.8. The molecule has 5 N–H and O–H groups in total. The molecule has 4 rings (SSSR count). The summed E-state index contributed by atoms with van der Waals surface area (Å²) in [5.74, 6) is -0.297. The average molecular weight is 434 g/mol. The number of aliphatic hydroxyl groups is 1. The molecule has 0 bridgehead atoms. The highest BCUT2D eigenvalue weighted by atomic mass is 16.5. The van der Waals surface area contributed by atoms with E-state index in [9.17, 15) is 9.59 Å². The van der Waals surface area contributed by atoms with E-state index in [1.54, 1.807) is 18.2 Å². The Labute approximate surface area is 183 Å². The monoisotopic (exact) mass is 434 g/mol. The number of hydrogen-bond acceptors (Lipinski definition) is 6. The van der Waals surface area contributed by atoms with E-state index in [1.807, 2.05) is 32.0 Å². The average Bonchev–Trinajstić information content (AvgIpc) is 3.40. The zero-order valence-corrected chi connectivity index (χ0v) is 17.5. The minimum Gasteiger partial charge on any atom is -0.491 e. The standard InChI is InChI=1S/C22H22N6O4/c1-12-3-5-15(13(2)9-12)25-20(30)18-19(24-11-23-18)21(31)28-22-26-16-6-4-14(32-8-7-29)10-17(16)27-22/h3-6,9-11,29H,7-8H2,1-2H3,(H,23,24)(H,25,30)(H2,26,27,28,31). The van der Waals surface area contributed by atoms with Gasteiger partial charge < -0.3 is 25.1 Å². The van der Waals surface area contributed by atoms with Crippen molar-refractivity contribution in [3.8, 4) is 5.75 Å². The molecular formula is C22H22N6O4. The van der Waals surface area contributed by atoms with Gasteiger partial charge in [0.25, 0.3) is 11.8 Å². The lowest BCUT2D eigenvalue weighted by Crippen LogP contribution is -2.21. The Morgan fingerprint density at radius 1 is 1.09 bits per heavy atom. The Hall–Kier alpha value is -4.18. The summed E-state index contributed by atoms with van der Waals surface area (Å²) in [7, 11) is 0. The molecule has 2 heterocycles. The number of aromatic amines is 2. The van der Waals surface area contributed by atoms with Crippen LogP contribution in [0.2, 0.25) is 0 Å². The number of aromatic nitrogens is 4. The number of hydrogen-bond donors (Lipinski definition) is 5. The van der Waals surface area contributed by atoms with E-state index in [0.29, 0.717) is 22.5 Å². The fourth-order valence-electron chi connectivity index (χ4n) is 3.25. The maximum atomic E-state index is 12.8. The van der Waals surface area contributed by atoms with Crippen LogP contribution in [-0.4, -0.2) is 50.1 Å². The maximum Gasteiger partial charge on any atom is 0.276 e. The van der Waals surface area contributed by atoms with Crippen LogP contribution in [0.4, 0.5) is 11.6 Å². The molecule has 0 saturated heterocycles. The largest absolute Gasteiger partial charge is 0.491 e. The fraction of sp³-hybridized carbons (Fsp3) is 0.182. The third-order valence-electron chi connectivity index (χ3n) is 4.76. The van der Waals surface area contributed by atoms with Crippen LogP contribution >= 0.6 is 0 Å². The van der Waals surface area contributed by atoms with Crippen LogP contribution in [0.5, 0.6) is 5.75 Å². The van der Waals surface area contributed by atoms with Gasteiger partial charge in [0.2, 0.25) is 5.95 Å². The number of nitrogens with zero attached hydrogens (tertiary/aromatic N) is 2. The van der Waals surface area contributed by atoms with Gasteiger partial charge in [-0.3, -0.25) is 14.9 Å². The lowest BCUT2D eigenvalue weighted by molar-refractivity contribution is 0.0985. The van der Waals surface area contributed by atoms with Crippen molar-refractivity contribution in [3.05, 3.63) is 65.2 Å². The molecule has 10 nitrogen and oxygen atoms in total. The van der Waals surface area contributed by atoms with E-state index >= 15 is 0 Å². The number of benzene rings is 2. The number of aliphatic hydroxyl groups excluding tert-OH is 1.